The van der Waals surface area contributed by atoms with Crippen LogP contribution in [0.3, 0.4) is 0 Å². The highest BCUT2D eigenvalue weighted by molar-refractivity contribution is 7.15. The second-order valence-electron chi connectivity index (χ2n) is 4.34. The van der Waals surface area contributed by atoms with E-state index in [1.165, 1.54) is 20.9 Å². The molecule has 1 aromatic carbocycles. The minimum Gasteiger partial charge on any atom is -0.301 e. The third-order valence-electron chi connectivity index (χ3n) is 3.05. The molecule has 0 amide bonds. The molecule has 1 fully saturated rings. The molecule has 1 aliphatic rings. The fourth-order valence-corrected chi connectivity index (χ4v) is 2.99. The normalized spacial score (nSPS) is 19.7. The Bertz CT molecular complexity index is 514. The molecule has 2 nitrogen and oxygen atoms in total. The highest BCUT2D eigenvalue weighted by atomic mass is 32.1. The van der Waals surface area contributed by atoms with Crippen LogP contribution >= 0.6 is 11.3 Å². The number of thiophene rings is 1. The van der Waals surface area contributed by atoms with Gasteiger partial charge >= 0.3 is 0 Å². The maximum absolute atomic E-state index is 5.21. The molecule has 0 saturated carbocycles. The Kier molecular flexibility index (Phi) is 2.97. The highest BCUT2D eigenvalue weighted by Gasteiger charge is 2.17. The summed E-state index contributed by atoms with van der Waals surface area (Å²) in [5.41, 5.74) is 5.67. The Morgan fingerprint density at radius 3 is 2.94 bits per heavy atom. The Hall–Kier alpha value is -1.16. The van der Waals surface area contributed by atoms with E-state index in [0.29, 0.717) is 6.04 Å². The number of rotatable bonds is 2. The third-order valence-corrected chi connectivity index (χ3v) is 4.10. The average molecular weight is 245 g/mol. The fourth-order valence-electron chi connectivity index (χ4n) is 2.13. The van der Waals surface area contributed by atoms with Gasteiger partial charge in [-0.05, 0) is 42.7 Å². The third kappa shape index (κ3) is 2.27. The topological polar surface area (TPSA) is 21.3 Å². The van der Waals surface area contributed by atoms with E-state index in [9.17, 15) is 0 Å². The van der Waals surface area contributed by atoms with Gasteiger partial charge in [0.25, 0.3) is 0 Å². The molecule has 88 valence electrons. The molecular weight excluding hydrogens is 230 g/mol. The smallest absolute Gasteiger partial charge is 0.0701 e. The number of hydroxylamine groups is 1. The molecule has 0 spiro atoms. The zero-order valence-electron chi connectivity index (χ0n) is 9.77. The number of benzene rings is 1. The molecule has 3 heteroatoms. The van der Waals surface area contributed by atoms with Crippen LogP contribution in [0.4, 0.5) is 0 Å². The van der Waals surface area contributed by atoms with Crippen LogP contribution in [0.1, 0.15) is 22.9 Å². The van der Waals surface area contributed by atoms with E-state index in [0.717, 1.165) is 13.0 Å². The van der Waals surface area contributed by atoms with E-state index in [2.05, 4.69) is 48.8 Å². The molecule has 1 saturated heterocycles. The van der Waals surface area contributed by atoms with Crippen molar-refractivity contribution in [3.05, 3.63) is 46.8 Å². The van der Waals surface area contributed by atoms with Crippen molar-refractivity contribution in [3.8, 4) is 10.4 Å². The standard InChI is InChI=1S/C14H15NOS/c1-10-5-6-14(17-10)12-4-2-3-11(9-12)13-7-8-16-15-13/h2-6,9,13,15H,7-8H2,1H3/t13-/m1/s1. The molecule has 1 aromatic heterocycles. The van der Waals surface area contributed by atoms with Gasteiger partial charge in [-0.15, -0.1) is 11.3 Å². The van der Waals surface area contributed by atoms with Crippen LogP contribution in [-0.4, -0.2) is 6.61 Å². The van der Waals surface area contributed by atoms with Crippen LogP contribution in [0.25, 0.3) is 10.4 Å². The second kappa shape index (κ2) is 4.61. The molecular formula is C14H15NOS. The molecule has 2 aromatic rings. The average Bonchev–Trinajstić information content (AvgIpc) is 3.00. The molecule has 1 atom stereocenters. The predicted octanol–water partition coefficient (Wildman–Crippen LogP) is 3.69. The van der Waals surface area contributed by atoms with Crippen molar-refractivity contribution in [2.45, 2.75) is 19.4 Å². The zero-order chi connectivity index (χ0) is 11.7. The van der Waals surface area contributed by atoms with Gasteiger partial charge in [0.15, 0.2) is 0 Å². The summed E-state index contributed by atoms with van der Waals surface area (Å²) >= 11 is 1.84. The first-order valence-electron chi connectivity index (χ1n) is 5.87. The van der Waals surface area contributed by atoms with Crippen molar-refractivity contribution in [1.29, 1.82) is 0 Å². The number of hydrogen-bond acceptors (Lipinski definition) is 3. The lowest BCUT2D eigenvalue weighted by Crippen LogP contribution is -2.11. The lowest BCUT2D eigenvalue weighted by molar-refractivity contribution is 0.0883. The van der Waals surface area contributed by atoms with Gasteiger partial charge in [-0.25, -0.2) is 0 Å². The van der Waals surface area contributed by atoms with Gasteiger partial charge in [0, 0.05) is 9.75 Å². The maximum Gasteiger partial charge on any atom is 0.0701 e. The zero-order valence-corrected chi connectivity index (χ0v) is 10.6. The van der Waals surface area contributed by atoms with Crippen LogP contribution in [0.5, 0.6) is 0 Å². The fraction of sp³-hybridized carbons (Fsp3) is 0.286. The summed E-state index contributed by atoms with van der Waals surface area (Å²) in [5, 5.41) is 0. The number of hydrogen-bond donors (Lipinski definition) is 1. The van der Waals surface area contributed by atoms with E-state index in [1.807, 2.05) is 11.3 Å². The van der Waals surface area contributed by atoms with Crippen molar-refractivity contribution in [2.24, 2.45) is 0 Å². The van der Waals surface area contributed by atoms with Crippen LogP contribution in [-0.2, 0) is 4.84 Å². The molecule has 17 heavy (non-hydrogen) atoms. The first-order valence-corrected chi connectivity index (χ1v) is 6.69. The Morgan fingerprint density at radius 1 is 1.29 bits per heavy atom. The lowest BCUT2D eigenvalue weighted by atomic mass is 10.0. The van der Waals surface area contributed by atoms with Crippen molar-refractivity contribution in [1.82, 2.24) is 5.48 Å². The predicted molar refractivity (Wildman–Crippen MR) is 70.9 cm³/mol. The summed E-state index contributed by atoms with van der Waals surface area (Å²) < 4.78 is 0. The molecule has 2 heterocycles. The summed E-state index contributed by atoms with van der Waals surface area (Å²) in [6.07, 6.45) is 1.05. The minimum absolute atomic E-state index is 0.344. The van der Waals surface area contributed by atoms with Crippen molar-refractivity contribution in [3.63, 3.8) is 0 Å². The summed E-state index contributed by atoms with van der Waals surface area (Å²) in [7, 11) is 0. The van der Waals surface area contributed by atoms with Gasteiger partial charge in [0.1, 0.15) is 0 Å². The van der Waals surface area contributed by atoms with Gasteiger partial charge in [-0.1, -0.05) is 18.2 Å². The van der Waals surface area contributed by atoms with Crippen LogP contribution in [0.15, 0.2) is 36.4 Å². The monoisotopic (exact) mass is 245 g/mol. The summed E-state index contributed by atoms with van der Waals surface area (Å²) in [6.45, 7) is 2.94. The largest absolute Gasteiger partial charge is 0.301 e. The van der Waals surface area contributed by atoms with Crippen molar-refractivity contribution < 1.29 is 4.84 Å². The molecule has 3 rings (SSSR count). The Balaban J connectivity index is 1.93. The van der Waals surface area contributed by atoms with Gasteiger partial charge in [-0.2, -0.15) is 5.48 Å². The summed E-state index contributed by atoms with van der Waals surface area (Å²) in [5.74, 6) is 0. The van der Waals surface area contributed by atoms with Gasteiger partial charge in [0.2, 0.25) is 0 Å². The Labute approximate surface area is 105 Å². The van der Waals surface area contributed by atoms with E-state index < -0.39 is 0 Å². The van der Waals surface area contributed by atoms with Crippen LogP contribution in [0, 0.1) is 6.92 Å². The van der Waals surface area contributed by atoms with Crippen molar-refractivity contribution >= 4 is 11.3 Å². The first kappa shape index (κ1) is 11.0. The first-order chi connectivity index (χ1) is 8.33. The SMILES string of the molecule is Cc1ccc(-c2cccc([C@H]3CCON3)c2)s1. The van der Waals surface area contributed by atoms with E-state index in [-0.39, 0.29) is 0 Å². The van der Waals surface area contributed by atoms with Gasteiger partial charge < -0.3 is 4.84 Å². The molecule has 0 aliphatic carbocycles. The van der Waals surface area contributed by atoms with E-state index >= 15 is 0 Å². The summed E-state index contributed by atoms with van der Waals surface area (Å²) in [4.78, 5) is 7.90. The lowest BCUT2D eigenvalue weighted by Gasteiger charge is -2.09. The van der Waals surface area contributed by atoms with E-state index in [4.69, 9.17) is 4.84 Å². The molecule has 0 unspecified atom stereocenters. The molecule has 1 aliphatic heterocycles. The van der Waals surface area contributed by atoms with Gasteiger partial charge in [-0.3, -0.25) is 0 Å². The van der Waals surface area contributed by atoms with Gasteiger partial charge in [0.05, 0.1) is 12.6 Å². The number of nitrogens with one attached hydrogen (secondary N) is 1. The molecule has 0 radical (unpaired) electrons. The molecule has 1 N–H and O–H groups in total. The van der Waals surface area contributed by atoms with Crippen LogP contribution < -0.4 is 5.48 Å². The maximum atomic E-state index is 5.21. The van der Waals surface area contributed by atoms with E-state index in [1.54, 1.807) is 0 Å². The van der Waals surface area contributed by atoms with Crippen LogP contribution in [0.2, 0.25) is 0 Å². The molecule has 0 bridgehead atoms. The number of aryl methyl sites for hydroxylation is 1. The minimum atomic E-state index is 0.344. The summed E-state index contributed by atoms with van der Waals surface area (Å²) in [6, 6.07) is 13.4. The Morgan fingerprint density at radius 2 is 2.24 bits per heavy atom. The highest BCUT2D eigenvalue weighted by Crippen LogP contribution is 2.30. The quantitative estimate of drug-likeness (QED) is 0.871. The second-order valence-corrected chi connectivity index (χ2v) is 5.63. The van der Waals surface area contributed by atoms with Crippen molar-refractivity contribution in [2.75, 3.05) is 6.61 Å².